The molecule has 1 amide bonds. The van der Waals surface area contributed by atoms with E-state index in [9.17, 15) is 4.79 Å². The van der Waals surface area contributed by atoms with Crippen LogP contribution in [-0.4, -0.2) is 32.8 Å². The normalized spacial score (nSPS) is 15.9. The van der Waals surface area contributed by atoms with Gasteiger partial charge in [-0.15, -0.1) is 0 Å². The SMILES string of the molecule is COc1ccccc1Oc1ccc(NC(=O)C2(CN)CCOCC2)cc1. The maximum atomic E-state index is 12.7. The van der Waals surface area contributed by atoms with Crippen molar-refractivity contribution in [2.45, 2.75) is 12.8 Å². The van der Waals surface area contributed by atoms with Gasteiger partial charge >= 0.3 is 0 Å². The number of anilines is 1. The molecule has 1 saturated heterocycles. The average molecular weight is 356 g/mol. The molecule has 0 atom stereocenters. The lowest BCUT2D eigenvalue weighted by Gasteiger charge is -2.34. The fourth-order valence-corrected chi connectivity index (χ4v) is 2.99. The molecule has 3 N–H and O–H groups in total. The van der Waals surface area contributed by atoms with Crippen molar-refractivity contribution in [3.8, 4) is 17.2 Å². The van der Waals surface area contributed by atoms with Gasteiger partial charge in [0.1, 0.15) is 5.75 Å². The molecule has 138 valence electrons. The summed E-state index contributed by atoms with van der Waals surface area (Å²) in [6.45, 7) is 1.45. The molecule has 6 heteroatoms. The maximum absolute atomic E-state index is 12.7. The largest absolute Gasteiger partial charge is 0.493 e. The highest BCUT2D eigenvalue weighted by Crippen LogP contribution is 2.33. The van der Waals surface area contributed by atoms with Crippen LogP contribution in [0.3, 0.4) is 0 Å². The number of nitrogens with one attached hydrogen (secondary N) is 1. The predicted molar refractivity (Wildman–Crippen MR) is 99.7 cm³/mol. The third-order valence-electron chi connectivity index (χ3n) is 4.73. The van der Waals surface area contributed by atoms with Crippen LogP contribution in [0.15, 0.2) is 48.5 Å². The Hall–Kier alpha value is -2.57. The number of amides is 1. The first-order chi connectivity index (χ1) is 12.7. The number of carbonyl (C=O) groups excluding carboxylic acids is 1. The Morgan fingerprint density at radius 1 is 1.12 bits per heavy atom. The van der Waals surface area contributed by atoms with Gasteiger partial charge in [-0.3, -0.25) is 4.79 Å². The number of nitrogens with two attached hydrogens (primary N) is 1. The van der Waals surface area contributed by atoms with Gasteiger partial charge in [0.05, 0.1) is 12.5 Å². The fourth-order valence-electron chi connectivity index (χ4n) is 2.99. The second-order valence-corrected chi connectivity index (χ2v) is 6.33. The summed E-state index contributed by atoms with van der Waals surface area (Å²) in [5.41, 5.74) is 6.04. The third-order valence-corrected chi connectivity index (χ3v) is 4.73. The fraction of sp³-hybridized carbons (Fsp3) is 0.350. The molecule has 1 heterocycles. The summed E-state index contributed by atoms with van der Waals surface area (Å²) >= 11 is 0. The van der Waals surface area contributed by atoms with Gasteiger partial charge in [0, 0.05) is 25.4 Å². The van der Waals surface area contributed by atoms with Gasteiger partial charge in [-0.1, -0.05) is 12.1 Å². The molecule has 1 fully saturated rings. The van der Waals surface area contributed by atoms with Gasteiger partial charge in [-0.25, -0.2) is 0 Å². The molecule has 0 aromatic heterocycles. The van der Waals surface area contributed by atoms with Crippen LogP contribution >= 0.6 is 0 Å². The number of carbonyl (C=O) groups is 1. The van der Waals surface area contributed by atoms with Crippen LogP contribution in [0.4, 0.5) is 5.69 Å². The van der Waals surface area contributed by atoms with E-state index in [0.29, 0.717) is 55.5 Å². The number of hydrogen-bond donors (Lipinski definition) is 2. The van der Waals surface area contributed by atoms with Crippen molar-refractivity contribution < 1.29 is 19.0 Å². The number of hydrogen-bond acceptors (Lipinski definition) is 5. The summed E-state index contributed by atoms with van der Waals surface area (Å²) in [6.07, 6.45) is 1.29. The summed E-state index contributed by atoms with van der Waals surface area (Å²) in [7, 11) is 1.60. The van der Waals surface area contributed by atoms with Crippen molar-refractivity contribution in [2.24, 2.45) is 11.1 Å². The van der Waals surface area contributed by atoms with E-state index in [0.717, 1.165) is 0 Å². The number of rotatable bonds is 6. The lowest BCUT2D eigenvalue weighted by molar-refractivity contribution is -0.130. The molecule has 0 saturated carbocycles. The maximum Gasteiger partial charge on any atom is 0.232 e. The molecular weight excluding hydrogens is 332 g/mol. The molecule has 0 unspecified atom stereocenters. The van der Waals surface area contributed by atoms with E-state index in [1.165, 1.54) is 0 Å². The van der Waals surface area contributed by atoms with Crippen molar-refractivity contribution in [2.75, 3.05) is 32.2 Å². The number of methoxy groups -OCH3 is 1. The standard InChI is InChI=1S/C20H24N2O4/c1-24-17-4-2-3-5-18(17)26-16-8-6-15(7-9-16)22-19(23)20(14-21)10-12-25-13-11-20/h2-9H,10-14,21H2,1H3,(H,22,23). The first-order valence-electron chi connectivity index (χ1n) is 8.67. The van der Waals surface area contributed by atoms with Crippen molar-refractivity contribution in [3.05, 3.63) is 48.5 Å². The lowest BCUT2D eigenvalue weighted by atomic mass is 9.79. The molecule has 2 aromatic carbocycles. The van der Waals surface area contributed by atoms with Gasteiger partial charge in [0.15, 0.2) is 11.5 Å². The second kappa shape index (κ2) is 8.21. The highest BCUT2D eigenvalue weighted by atomic mass is 16.5. The zero-order chi connectivity index (χ0) is 18.4. The molecule has 1 aliphatic heterocycles. The molecule has 6 nitrogen and oxygen atoms in total. The average Bonchev–Trinajstić information content (AvgIpc) is 2.70. The van der Waals surface area contributed by atoms with Crippen LogP contribution in [0, 0.1) is 5.41 Å². The quantitative estimate of drug-likeness (QED) is 0.831. The monoisotopic (exact) mass is 356 g/mol. The van der Waals surface area contributed by atoms with Gasteiger partial charge in [0.25, 0.3) is 0 Å². The zero-order valence-electron chi connectivity index (χ0n) is 14.9. The molecular formula is C20H24N2O4. The van der Waals surface area contributed by atoms with E-state index in [4.69, 9.17) is 19.9 Å². The Bertz CT molecular complexity index is 740. The van der Waals surface area contributed by atoms with Crippen LogP contribution in [-0.2, 0) is 9.53 Å². The Balaban J connectivity index is 1.67. The molecule has 0 spiro atoms. The van der Waals surface area contributed by atoms with Crippen molar-refractivity contribution >= 4 is 11.6 Å². The predicted octanol–water partition coefficient (Wildman–Crippen LogP) is 3.18. The Kier molecular flexibility index (Phi) is 5.75. The van der Waals surface area contributed by atoms with Crippen molar-refractivity contribution in [1.29, 1.82) is 0 Å². The highest BCUT2D eigenvalue weighted by Gasteiger charge is 2.38. The molecule has 1 aliphatic rings. The number of ether oxygens (including phenoxy) is 3. The molecule has 3 rings (SSSR count). The van der Waals surface area contributed by atoms with E-state index in [-0.39, 0.29) is 5.91 Å². The molecule has 0 radical (unpaired) electrons. The van der Waals surface area contributed by atoms with Gasteiger partial charge in [-0.2, -0.15) is 0 Å². The van der Waals surface area contributed by atoms with Crippen LogP contribution in [0.2, 0.25) is 0 Å². The lowest BCUT2D eigenvalue weighted by Crippen LogP contribution is -2.46. The number of para-hydroxylation sites is 2. The summed E-state index contributed by atoms with van der Waals surface area (Å²) in [5, 5.41) is 2.96. The first kappa shape index (κ1) is 18.2. The molecule has 0 bridgehead atoms. The van der Waals surface area contributed by atoms with Crippen LogP contribution in [0.5, 0.6) is 17.2 Å². The second-order valence-electron chi connectivity index (χ2n) is 6.33. The van der Waals surface area contributed by atoms with E-state index in [1.54, 1.807) is 19.2 Å². The smallest absolute Gasteiger partial charge is 0.232 e. The zero-order valence-corrected chi connectivity index (χ0v) is 14.9. The van der Waals surface area contributed by atoms with E-state index >= 15 is 0 Å². The molecule has 0 aliphatic carbocycles. The van der Waals surface area contributed by atoms with E-state index < -0.39 is 5.41 Å². The molecule has 2 aromatic rings. The minimum Gasteiger partial charge on any atom is -0.493 e. The van der Waals surface area contributed by atoms with Crippen LogP contribution in [0.1, 0.15) is 12.8 Å². The summed E-state index contributed by atoms with van der Waals surface area (Å²) < 4.78 is 16.5. The Morgan fingerprint density at radius 2 is 1.77 bits per heavy atom. The minimum atomic E-state index is -0.551. The van der Waals surface area contributed by atoms with Gasteiger partial charge < -0.3 is 25.3 Å². The summed E-state index contributed by atoms with van der Waals surface area (Å²) in [6, 6.07) is 14.7. The third kappa shape index (κ3) is 3.98. The summed E-state index contributed by atoms with van der Waals surface area (Å²) in [4.78, 5) is 12.7. The Labute approximate surface area is 153 Å². The topological polar surface area (TPSA) is 82.8 Å². The number of benzene rings is 2. The van der Waals surface area contributed by atoms with Crippen LogP contribution in [0.25, 0.3) is 0 Å². The molecule has 26 heavy (non-hydrogen) atoms. The van der Waals surface area contributed by atoms with Gasteiger partial charge in [-0.05, 0) is 49.2 Å². The highest BCUT2D eigenvalue weighted by molar-refractivity contribution is 5.95. The van der Waals surface area contributed by atoms with Crippen molar-refractivity contribution in [3.63, 3.8) is 0 Å². The van der Waals surface area contributed by atoms with E-state index in [1.807, 2.05) is 36.4 Å². The van der Waals surface area contributed by atoms with Crippen molar-refractivity contribution in [1.82, 2.24) is 0 Å². The van der Waals surface area contributed by atoms with Gasteiger partial charge in [0.2, 0.25) is 5.91 Å². The Morgan fingerprint density at radius 3 is 2.38 bits per heavy atom. The summed E-state index contributed by atoms with van der Waals surface area (Å²) in [5.74, 6) is 1.90. The minimum absolute atomic E-state index is 0.0540. The first-order valence-corrected chi connectivity index (χ1v) is 8.67. The van der Waals surface area contributed by atoms with Crippen LogP contribution < -0.4 is 20.5 Å². The van der Waals surface area contributed by atoms with E-state index in [2.05, 4.69) is 5.32 Å².